The maximum atomic E-state index is 14.0. The van der Waals surface area contributed by atoms with Crippen LogP contribution < -0.4 is 11.1 Å². The van der Waals surface area contributed by atoms with Crippen LogP contribution in [0.2, 0.25) is 0 Å². The number of anilines is 1. The second kappa shape index (κ2) is 17.0. The highest BCUT2D eigenvalue weighted by Gasteiger charge is 2.31. The molecule has 0 radical (unpaired) electrons. The molecule has 0 spiro atoms. The van der Waals surface area contributed by atoms with E-state index in [2.05, 4.69) is 5.32 Å². The molecule has 0 aliphatic heterocycles. The van der Waals surface area contributed by atoms with Crippen molar-refractivity contribution >= 4 is 17.6 Å². The van der Waals surface area contributed by atoms with Crippen LogP contribution >= 0.6 is 0 Å². The van der Waals surface area contributed by atoms with Gasteiger partial charge < -0.3 is 36.0 Å². The van der Waals surface area contributed by atoms with Crippen LogP contribution in [0.5, 0.6) is 0 Å². The fraction of sp³-hybridized carbons (Fsp3) is 0.351. The number of aliphatic hydroxyl groups excluding tert-OH is 3. The lowest BCUT2D eigenvalue weighted by Crippen LogP contribution is -2.35. The molecule has 3 aromatic carbocycles. The lowest BCUT2D eigenvalue weighted by atomic mass is 9.94. The van der Waals surface area contributed by atoms with Crippen LogP contribution in [0.25, 0.3) is 22.4 Å². The first kappa shape index (κ1) is 37.1. The quantitative estimate of drug-likeness (QED) is 0.103. The van der Waals surface area contributed by atoms with Gasteiger partial charge in [-0.2, -0.15) is 0 Å². The predicted molar refractivity (Wildman–Crippen MR) is 183 cm³/mol. The highest BCUT2D eigenvalue weighted by Crippen LogP contribution is 2.42. The predicted octanol–water partition coefficient (Wildman–Crippen LogP) is 6.03. The Hall–Kier alpha value is -4.35. The van der Waals surface area contributed by atoms with Gasteiger partial charge >= 0.3 is 5.97 Å². The molecule has 7 N–H and O–H groups in total. The molecule has 0 fully saturated rings. The van der Waals surface area contributed by atoms with E-state index < -0.39 is 30.1 Å². The Morgan fingerprint density at radius 3 is 1.96 bits per heavy atom. The highest BCUT2D eigenvalue weighted by molar-refractivity contribution is 6.12. The lowest BCUT2D eigenvalue weighted by molar-refractivity contribution is -0.139. The van der Waals surface area contributed by atoms with E-state index in [9.17, 15) is 24.2 Å². The van der Waals surface area contributed by atoms with Gasteiger partial charge in [0, 0.05) is 29.0 Å². The number of halogens is 1. The Morgan fingerprint density at radius 1 is 0.894 bits per heavy atom. The van der Waals surface area contributed by atoms with Crippen LogP contribution in [0, 0.1) is 5.82 Å². The molecular formula is C37H46FN3O6. The highest BCUT2D eigenvalue weighted by atomic mass is 19.1. The summed E-state index contributed by atoms with van der Waals surface area (Å²) in [6.45, 7) is 7.84. The molecule has 2 atom stereocenters. The average molecular weight is 648 g/mol. The monoisotopic (exact) mass is 647 g/mol. The summed E-state index contributed by atoms with van der Waals surface area (Å²) in [5.74, 6) is -1.93. The van der Waals surface area contributed by atoms with Crippen molar-refractivity contribution in [3.8, 4) is 22.4 Å². The number of nitrogens with zero attached hydrogens (tertiary/aromatic N) is 1. The minimum Gasteiger partial charge on any atom is -0.481 e. The van der Waals surface area contributed by atoms with Gasteiger partial charge in [0.05, 0.1) is 36.5 Å². The smallest absolute Gasteiger partial charge is 0.305 e. The maximum absolute atomic E-state index is 14.0. The maximum Gasteiger partial charge on any atom is 0.305 e. The third kappa shape index (κ3) is 10.9. The zero-order valence-electron chi connectivity index (χ0n) is 27.4. The Bertz CT molecular complexity index is 1580. The van der Waals surface area contributed by atoms with Crippen LogP contribution in [0.15, 0.2) is 84.9 Å². The third-order valence-electron chi connectivity index (χ3n) is 7.34. The van der Waals surface area contributed by atoms with Crippen molar-refractivity contribution in [3.63, 3.8) is 0 Å². The number of carbonyl (C=O) groups excluding carboxylic acids is 1. The van der Waals surface area contributed by atoms with Gasteiger partial charge in [0.15, 0.2) is 0 Å². The number of carboxylic acid groups (broad SMARTS) is 1. The topological polar surface area (TPSA) is 158 Å². The number of aliphatic carboxylic acids is 1. The van der Waals surface area contributed by atoms with E-state index in [1.807, 2.05) is 79.1 Å². The molecule has 252 valence electrons. The number of carboxylic acids is 1. The average Bonchev–Trinajstić information content (AvgIpc) is 3.36. The molecule has 0 saturated heterocycles. The number of aromatic nitrogens is 1. The molecule has 0 aliphatic carbocycles. The fourth-order valence-corrected chi connectivity index (χ4v) is 5.20. The van der Waals surface area contributed by atoms with Crippen molar-refractivity contribution in [3.05, 3.63) is 102 Å². The van der Waals surface area contributed by atoms with Gasteiger partial charge in [0.1, 0.15) is 5.82 Å². The normalized spacial score (nSPS) is 12.6. The molecule has 47 heavy (non-hydrogen) atoms. The van der Waals surface area contributed by atoms with Crippen molar-refractivity contribution in [1.29, 1.82) is 0 Å². The molecule has 4 aromatic rings. The number of benzene rings is 3. The number of nitrogens with two attached hydrogens (primary N) is 1. The minimum absolute atomic E-state index is 0.0486. The Labute approximate surface area is 275 Å². The Kier molecular flexibility index (Phi) is 13.4. The van der Waals surface area contributed by atoms with Gasteiger partial charge in [0.25, 0.3) is 5.91 Å². The van der Waals surface area contributed by atoms with Crippen molar-refractivity contribution in [2.75, 3.05) is 11.9 Å². The summed E-state index contributed by atoms with van der Waals surface area (Å²) in [4.78, 5) is 25.0. The van der Waals surface area contributed by atoms with E-state index in [-0.39, 0.29) is 43.6 Å². The second-order valence-electron chi connectivity index (χ2n) is 12.6. The molecule has 4 rings (SSSR count). The zero-order valence-corrected chi connectivity index (χ0v) is 27.4. The van der Waals surface area contributed by atoms with Crippen LogP contribution in [0.4, 0.5) is 10.1 Å². The number of hydrogen-bond acceptors (Lipinski definition) is 6. The van der Waals surface area contributed by atoms with E-state index in [1.165, 1.54) is 12.1 Å². The number of carbonyl (C=O) groups is 2. The Balaban J connectivity index is 0.000000913. The summed E-state index contributed by atoms with van der Waals surface area (Å²) >= 11 is 0. The number of rotatable bonds is 13. The summed E-state index contributed by atoms with van der Waals surface area (Å²) in [7, 11) is 0. The van der Waals surface area contributed by atoms with Crippen molar-refractivity contribution in [2.24, 2.45) is 5.73 Å². The number of aliphatic hydroxyl groups is 3. The van der Waals surface area contributed by atoms with E-state index in [4.69, 9.17) is 15.9 Å². The molecule has 0 saturated carbocycles. The molecule has 10 heteroatoms. The molecule has 1 aromatic heterocycles. The number of para-hydroxylation sites is 1. The van der Waals surface area contributed by atoms with Crippen molar-refractivity contribution < 1.29 is 34.4 Å². The van der Waals surface area contributed by atoms with Gasteiger partial charge in [-0.3, -0.25) is 9.59 Å². The SMILES string of the molecule is CC(C)(N)CO.CC(C)c1c(C(=O)Nc2ccccc2)c(-c2ccccc2)c(-c2ccc(F)cc2)n1CCC(O)CC(O)CC(=O)O. The number of hydrogen-bond donors (Lipinski definition) is 6. The first-order valence-electron chi connectivity index (χ1n) is 15.6. The van der Waals surface area contributed by atoms with E-state index in [0.29, 0.717) is 28.1 Å². The van der Waals surface area contributed by atoms with Crippen LogP contribution in [0.1, 0.15) is 68.9 Å². The zero-order chi connectivity index (χ0) is 34.7. The molecule has 2 unspecified atom stereocenters. The first-order chi connectivity index (χ1) is 22.2. The summed E-state index contributed by atoms with van der Waals surface area (Å²) in [6, 6.07) is 24.8. The van der Waals surface area contributed by atoms with Crippen LogP contribution in [-0.2, 0) is 11.3 Å². The summed E-state index contributed by atoms with van der Waals surface area (Å²) in [5, 5.41) is 41.1. The number of nitrogens with one attached hydrogen (secondary N) is 1. The molecule has 1 heterocycles. The molecular weight excluding hydrogens is 601 g/mol. The van der Waals surface area contributed by atoms with E-state index >= 15 is 0 Å². The van der Waals surface area contributed by atoms with E-state index in [1.54, 1.807) is 26.0 Å². The summed E-state index contributed by atoms with van der Waals surface area (Å²) in [6.07, 6.45) is -2.51. The van der Waals surface area contributed by atoms with Gasteiger partial charge in [-0.1, -0.05) is 62.4 Å². The summed E-state index contributed by atoms with van der Waals surface area (Å²) in [5.41, 5.74) is 9.66. The van der Waals surface area contributed by atoms with Gasteiger partial charge in [-0.25, -0.2) is 4.39 Å². The van der Waals surface area contributed by atoms with E-state index in [0.717, 1.165) is 11.3 Å². The Morgan fingerprint density at radius 2 is 1.45 bits per heavy atom. The summed E-state index contributed by atoms with van der Waals surface area (Å²) < 4.78 is 16.0. The standard InChI is InChI=1S/C33H35FN2O5.C4H11NO/c1-21(2)31-30(33(41)35-25-11-7-4-8-12-25)29(22-9-5-3-6-10-22)32(23-13-15-24(34)16-14-23)36(31)18-17-26(37)19-27(38)20-28(39)40;1-4(2,5)3-6/h3-16,21,26-27,37-38H,17-20H2,1-2H3,(H,35,41)(H,39,40);6H,3,5H2,1-2H3. The lowest BCUT2D eigenvalue weighted by Gasteiger charge is -2.20. The van der Waals surface area contributed by atoms with Gasteiger partial charge in [-0.05, 0) is 80.1 Å². The fourth-order valence-electron chi connectivity index (χ4n) is 5.20. The second-order valence-corrected chi connectivity index (χ2v) is 12.6. The van der Waals surface area contributed by atoms with Crippen LogP contribution in [-0.4, -0.2) is 61.2 Å². The largest absolute Gasteiger partial charge is 0.481 e. The molecule has 1 amide bonds. The number of amides is 1. The van der Waals surface area contributed by atoms with Crippen molar-refractivity contribution in [2.45, 2.75) is 77.2 Å². The van der Waals surface area contributed by atoms with Crippen LogP contribution in [0.3, 0.4) is 0 Å². The minimum atomic E-state index is -1.18. The van der Waals surface area contributed by atoms with Gasteiger partial charge in [0.2, 0.25) is 0 Å². The van der Waals surface area contributed by atoms with Gasteiger partial charge in [-0.15, -0.1) is 0 Å². The molecule has 0 aliphatic rings. The molecule has 0 bridgehead atoms. The molecule has 9 nitrogen and oxygen atoms in total. The first-order valence-corrected chi connectivity index (χ1v) is 15.6. The van der Waals surface area contributed by atoms with Crippen molar-refractivity contribution in [1.82, 2.24) is 4.57 Å². The third-order valence-corrected chi connectivity index (χ3v) is 7.34.